The molecule has 0 saturated carbocycles. The van der Waals surface area contributed by atoms with E-state index in [4.69, 9.17) is 9.47 Å². The lowest BCUT2D eigenvalue weighted by Gasteiger charge is -2.18. The lowest BCUT2D eigenvalue weighted by Crippen LogP contribution is -2.42. The third-order valence-electron chi connectivity index (χ3n) is 4.89. The number of rotatable bonds is 6. The van der Waals surface area contributed by atoms with Crippen LogP contribution in [-0.2, 0) is 20.9 Å². The second-order valence-corrected chi connectivity index (χ2v) is 6.95. The second-order valence-electron chi connectivity index (χ2n) is 6.95. The number of carbonyl (C=O) groups is 4. The Balaban J connectivity index is 1.39. The van der Waals surface area contributed by atoms with Gasteiger partial charge in [0.05, 0.1) is 12.6 Å². The topological polar surface area (TPSA) is 105 Å². The van der Waals surface area contributed by atoms with Gasteiger partial charge in [-0.3, -0.25) is 19.3 Å². The van der Waals surface area contributed by atoms with Crippen LogP contribution in [0.15, 0.2) is 48.5 Å². The highest BCUT2D eigenvalue weighted by molar-refractivity contribution is 6.44. The highest BCUT2D eigenvalue weighted by Crippen LogP contribution is 2.34. The van der Waals surface area contributed by atoms with Crippen molar-refractivity contribution in [3.63, 3.8) is 0 Å². The van der Waals surface area contributed by atoms with E-state index in [0.717, 1.165) is 10.5 Å². The predicted molar refractivity (Wildman–Crippen MR) is 103 cm³/mol. The first-order valence-electron chi connectivity index (χ1n) is 9.34. The number of benzene rings is 2. The Kier molecular flexibility index (Phi) is 5.09. The monoisotopic (exact) mass is 409 g/mol. The van der Waals surface area contributed by atoms with E-state index in [9.17, 15) is 19.2 Å². The molecule has 2 aromatic carbocycles. The first-order valence-corrected chi connectivity index (χ1v) is 9.34. The van der Waals surface area contributed by atoms with Crippen LogP contribution in [0.3, 0.4) is 0 Å². The first-order chi connectivity index (χ1) is 14.4. The van der Waals surface area contributed by atoms with Crippen molar-refractivity contribution in [1.29, 1.82) is 0 Å². The predicted octanol–water partition coefficient (Wildman–Crippen LogP) is 1.58. The molecular formula is C21H19N3O6. The number of fused-ring (bicyclic) bond motifs is 1. The molecule has 9 nitrogen and oxygen atoms in total. The summed E-state index contributed by atoms with van der Waals surface area (Å²) in [4.78, 5) is 50.9. The maximum atomic E-state index is 12.5. The smallest absolute Gasteiger partial charge is 0.335 e. The van der Waals surface area contributed by atoms with E-state index in [2.05, 4.69) is 5.32 Å². The van der Waals surface area contributed by atoms with E-state index in [1.807, 2.05) is 0 Å². The molecule has 0 bridgehead atoms. The molecule has 0 spiro atoms. The normalized spacial score (nSPS) is 16.2. The zero-order valence-corrected chi connectivity index (χ0v) is 16.2. The highest BCUT2D eigenvalue weighted by atomic mass is 16.7. The zero-order chi connectivity index (χ0) is 21.3. The number of amides is 5. The van der Waals surface area contributed by atoms with Crippen LogP contribution in [0.5, 0.6) is 11.5 Å². The van der Waals surface area contributed by atoms with Gasteiger partial charge in [-0.15, -0.1) is 0 Å². The van der Waals surface area contributed by atoms with Gasteiger partial charge in [0.25, 0.3) is 0 Å². The van der Waals surface area contributed by atoms with Crippen LogP contribution >= 0.6 is 0 Å². The third-order valence-corrected chi connectivity index (χ3v) is 4.89. The summed E-state index contributed by atoms with van der Waals surface area (Å²) in [5, 5.41) is 2.72. The molecule has 0 radical (unpaired) electrons. The summed E-state index contributed by atoms with van der Waals surface area (Å²) in [7, 11) is 0. The number of hydrogen-bond acceptors (Lipinski definition) is 6. The van der Waals surface area contributed by atoms with Crippen LogP contribution < -0.4 is 14.8 Å². The van der Waals surface area contributed by atoms with Crippen molar-refractivity contribution in [2.75, 3.05) is 13.3 Å². The largest absolute Gasteiger partial charge is 0.454 e. The summed E-state index contributed by atoms with van der Waals surface area (Å²) in [6, 6.07) is 12.9. The summed E-state index contributed by atoms with van der Waals surface area (Å²) in [5.41, 5.74) is 1.48. The molecule has 2 aromatic rings. The minimum atomic E-state index is -1.01. The maximum absolute atomic E-state index is 12.5. The van der Waals surface area contributed by atoms with Gasteiger partial charge in [0.1, 0.15) is 6.54 Å². The Morgan fingerprint density at radius 3 is 2.47 bits per heavy atom. The van der Waals surface area contributed by atoms with Crippen molar-refractivity contribution < 1.29 is 28.7 Å². The molecule has 2 heterocycles. The van der Waals surface area contributed by atoms with Crippen LogP contribution in [-0.4, -0.2) is 46.9 Å². The molecule has 0 aliphatic carbocycles. The Labute approximate surface area is 172 Å². The summed E-state index contributed by atoms with van der Waals surface area (Å²) in [6.45, 7) is 1.34. The molecule has 9 heteroatoms. The molecule has 1 saturated heterocycles. The van der Waals surface area contributed by atoms with Gasteiger partial charge in [0.15, 0.2) is 11.5 Å². The molecule has 154 valence electrons. The lowest BCUT2D eigenvalue weighted by atomic mass is 10.1. The fourth-order valence-corrected chi connectivity index (χ4v) is 3.29. The minimum Gasteiger partial charge on any atom is -0.454 e. The van der Waals surface area contributed by atoms with Crippen molar-refractivity contribution >= 4 is 23.8 Å². The minimum absolute atomic E-state index is 0.0318. The Morgan fingerprint density at radius 2 is 1.70 bits per heavy atom. The van der Waals surface area contributed by atoms with Crippen LogP contribution in [0.4, 0.5) is 4.79 Å². The second kappa shape index (κ2) is 7.86. The number of urea groups is 1. The third kappa shape index (κ3) is 3.69. The van der Waals surface area contributed by atoms with Crippen molar-refractivity contribution in [3.8, 4) is 11.5 Å². The van der Waals surface area contributed by atoms with Crippen molar-refractivity contribution in [3.05, 3.63) is 59.7 Å². The van der Waals surface area contributed by atoms with Gasteiger partial charge in [-0.25, -0.2) is 9.69 Å². The molecule has 2 aliphatic rings. The molecule has 30 heavy (non-hydrogen) atoms. The van der Waals surface area contributed by atoms with Crippen molar-refractivity contribution in [1.82, 2.24) is 15.1 Å². The number of ether oxygens (including phenoxy) is 2. The number of carbonyl (C=O) groups excluding carboxylic acids is 4. The van der Waals surface area contributed by atoms with Gasteiger partial charge in [-0.2, -0.15) is 0 Å². The van der Waals surface area contributed by atoms with Gasteiger partial charge >= 0.3 is 17.8 Å². The molecule has 1 fully saturated rings. The Bertz CT molecular complexity index is 1020. The van der Waals surface area contributed by atoms with E-state index in [1.165, 1.54) is 0 Å². The van der Waals surface area contributed by atoms with Crippen molar-refractivity contribution in [2.45, 2.75) is 19.5 Å². The Morgan fingerprint density at radius 1 is 1.00 bits per heavy atom. The van der Waals surface area contributed by atoms with Gasteiger partial charge < -0.3 is 14.8 Å². The van der Waals surface area contributed by atoms with Crippen LogP contribution in [0.1, 0.15) is 24.1 Å². The molecule has 1 atom stereocenters. The Hall–Kier alpha value is -3.88. The molecular weight excluding hydrogens is 390 g/mol. The fraction of sp³-hybridized carbons (Fsp3) is 0.238. The van der Waals surface area contributed by atoms with Crippen LogP contribution in [0.25, 0.3) is 0 Å². The molecule has 0 aromatic heterocycles. The summed E-state index contributed by atoms with van der Waals surface area (Å²) >= 11 is 0. The number of imide groups is 2. The fourth-order valence-electron chi connectivity index (χ4n) is 3.29. The summed E-state index contributed by atoms with van der Waals surface area (Å²) < 4.78 is 10.6. The quantitative estimate of drug-likeness (QED) is 0.574. The molecule has 1 N–H and O–H groups in total. The van der Waals surface area contributed by atoms with Gasteiger partial charge in [0.2, 0.25) is 12.7 Å². The molecule has 2 aliphatic heterocycles. The van der Waals surface area contributed by atoms with Crippen molar-refractivity contribution in [2.24, 2.45) is 0 Å². The summed E-state index contributed by atoms with van der Waals surface area (Å²) in [5.74, 6) is -1.30. The average molecular weight is 409 g/mol. The number of hydrogen-bond donors (Lipinski definition) is 1. The summed E-state index contributed by atoms with van der Waals surface area (Å²) in [6.07, 6.45) is 0. The van der Waals surface area contributed by atoms with Crippen LogP contribution in [0.2, 0.25) is 0 Å². The standard InChI is InChI=1S/C21H19N3O6/c1-13(15-7-8-16-17(9-15)30-12-29-16)22-18(25)11-24-20(27)19(26)23(21(24)28)10-14-5-3-2-4-6-14/h2-9,13H,10-12H2,1H3,(H,22,25)/t13-/m0/s1. The van der Waals surface area contributed by atoms with E-state index in [0.29, 0.717) is 22.0 Å². The zero-order valence-electron chi connectivity index (χ0n) is 16.2. The molecule has 4 rings (SSSR count). The highest BCUT2D eigenvalue weighted by Gasteiger charge is 2.45. The molecule has 5 amide bonds. The first kappa shape index (κ1) is 19.4. The van der Waals surface area contributed by atoms with E-state index in [-0.39, 0.29) is 13.3 Å². The van der Waals surface area contributed by atoms with Gasteiger partial charge in [-0.05, 0) is 30.2 Å². The SMILES string of the molecule is C[C@H](NC(=O)CN1C(=O)C(=O)N(Cc2ccccc2)C1=O)c1ccc2c(c1)OCO2. The molecule has 0 unspecified atom stereocenters. The van der Waals surface area contributed by atoms with E-state index in [1.54, 1.807) is 55.5 Å². The maximum Gasteiger partial charge on any atom is 0.335 e. The number of nitrogens with one attached hydrogen (secondary N) is 1. The van der Waals surface area contributed by atoms with E-state index >= 15 is 0 Å². The lowest BCUT2D eigenvalue weighted by molar-refractivity contribution is -0.144. The van der Waals surface area contributed by atoms with Gasteiger partial charge in [0, 0.05) is 0 Å². The number of nitrogens with zero attached hydrogens (tertiary/aromatic N) is 2. The average Bonchev–Trinajstić information content (AvgIpc) is 3.29. The van der Waals surface area contributed by atoms with E-state index < -0.39 is 36.3 Å². The van der Waals surface area contributed by atoms with Crippen LogP contribution in [0, 0.1) is 0 Å². The van der Waals surface area contributed by atoms with Gasteiger partial charge in [-0.1, -0.05) is 36.4 Å².